The number of aliphatic imine (C=N–C) groups is 1. The number of ether oxygens (including phenoxy) is 1. The number of amides is 1. The summed E-state index contributed by atoms with van der Waals surface area (Å²) in [6, 6.07) is 8.90. The molecule has 0 saturated carbocycles. The van der Waals surface area contributed by atoms with E-state index in [1.165, 1.54) is 5.56 Å². The fraction of sp³-hybridized carbons (Fsp3) is 0.579. The van der Waals surface area contributed by atoms with E-state index in [9.17, 15) is 4.79 Å². The normalized spacial score (nSPS) is 16.3. The first kappa shape index (κ1) is 25.1. The van der Waals surface area contributed by atoms with E-state index in [1.54, 1.807) is 14.2 Å². The lowest BCUT2D eigenvalue weighted by molar-refractivity contribution is -0.120. The Morgan fingerprint density at radius 2 is 1.86 bits per heavy atom. The van der Waals surface area contributed by atoms with Gasteiger partial charge in [-0.3, -0.25) is 14.7 Å². The van der Waals surface area contributed by atoms with Gasteiger partial charge < -0.3 is 20.3 Å². The molecular weight excluding hydrogens is 537 g/mol. The van der Waals surface area contributed by atoms with Gasteiger partial charge in [0, 0.05) is 57.4 Å². The van der Waals surface area contributed by atoms with Gasteiger partial charge in [0.05, 0.1) is 13.2 Å². The largest absolute Gasteiger partial charge is 0.383 e. The summed E-state index contributed by atoms with van der Waals surface area (Å²) in [6.45, 7) is 7.16. The van der Waals surface area contributed by atoms with Crippen LogP contribution in [0.5, 0.6) is 0 Å². The number of benzene rings is 1. The van der Waals surface area contributed by atoms with Crippen molar-refractivity contribution >= 4 is 51.8 Å². The number of carbonyl (C=O) groups is 1. The van der Waals surface area contributed by atoms with E-state index in [2.05, 4.69) is 72.5 Å². The van der Waals surface area contributed by atoms with Crippen molar-refractivity contribution in [3.05, 3.63) is 34.3 Å². The molecule has 1 saturated heterocycles. The number of guanidine groups is 1. The SMILES string of the molecule is CN=C(NCC(=O)NCCOC)N1CCN(C(C)c2ccc(Br)cc2)CC1.I. The van der Waals surface area contributed by atoms with E-state index in [1.807, 2.05) is 0 Å². The molecule has 1 amide bonds. The van der Waals surface area contributed by atoms with Crippen LogP contribution in [0.4, 0.5) is 0 Å². The maximum atomic E-state index is 11.8. The van der Waals surface area contributed by atoms with Crippen LogP contribution in [0.3, 0.4) is 0 Å². The number of halogens is 2. The number of carbonyl (C=O) groups excluding carboxylic acids is 1. The smallest absolute Gasteiger partial charge is 0.239 e. The maximum absolute atomic E-state index is 11.8. The minimum atomic E-state index is -0.0595. The van der Waals surface area contributed by atoms with Crippen molar-refractivity contribution in [2.24, 2.45) is 4.99 Å². The molecule has 0 bridgehead atoms. The van der Waals surface area contributed by atoms with Crippen LogP contribution >= 0.6 is 39.9 Å². The fourth-order valence-corrected chi connectivity index (χ4v) is 3.38. The minimum Gasteiger partial charge on any atom is -0.383 e. The van der Waals surface area contributed by atoms with E-state index < -0.39 is 0 Å². The highest BCUT2D eigenvalue weighted by molar-refractivity contribution is 14.0. The van der Waals surface area contributed by atoms with Gasteiger partial charge in [-0.2, -0.15) is 0 Å². The van der Waals surface area contributed by atoms with Gasteiger partial charge in [0.25, 0.3) is 0 Å². The fourth-order valence-electron chi connectivity index (χ4n) is 3.12. The highest BCUT2D eigenvalue weighted by Gasteiger charge is 2.23. The molecule has 1 heterocycles. The molecule has 1 fully saturated rings. The molecule has 2 N–H and O–H groups in total. The van der Waals surface area contributed by atoms with E-state index in [4.69, 9.17) is 4.74 Å². The van der Waals surface area contributed by atoms with Crippen LogP contribution in [-0.2, 0) is 9.53 Å². The summed E-state index contributed by atoms with van der Waals surface area (Å²) in [5.41, 5.74) is 1.32. The zero-order chi connectivity index (χ0) is 19.6. The molecule has 2 rings (SSSR count). The van der Waals surface area contributed by atoms with Gasteiger partial charge in [0.15, 0.2) is 5.96 Å². The Morgan fingerprint density at radius 3 is 2.43 bits per heavy atom. The molecule has 0 radical (unpaired) electrons. The molecule has 0 spiro atoms. The molecule has 158 valence electrons. The predicted molar refractivity (Wildman–Crippen MR) is 127 cm³/mol. The first-order chi connectivity index (χ1) is 13.0. The van der Waals surface area contributed by atoms with Crippen molar-refractivity contribution in [2.75, 3.05) is 60.0 Å². The van der Waals surface area contributed by atoms with Crippen LogP contribution in [0, 0.1) is 0 Å². The lowest BCUT2D eigenvalue weighted by Crippen LogP contribution is -2.54. The summed E-state index contributed by atoms with van der Waals surface area (Å²) in [4.78, 5) is 20.8. The third-order valence-corrected chi connectivity index (χ3v) is 5.29. The van der Waals surface area contributed by atoms with Crippen molar-refractivity contribution in [3.63, 3.8) is 0 Å². The van der Waals surface area contributed by atoms with Gasteiger partial charge in [-0.1, -0.05) is 28.1 Å². The second-order valence-corrected chi connectivity index (χ2v) is 7.41. The number of rotatable bonds is 7. The van der Waals surface area contributed by atoms with Crippen LogP contribution in [-0.4, -0.2) is 81.7 Å². The first-order valence-corrected chi connectivity index (χ1v) is 10.0. The molecule has 1 aromatic rings. The molecule has 1 aromatic carbocycles. The van der Waals surface area contributed by atoms with Crippen LogP contribution in [0.1, 0.15) is 18.5 Å². The van der Waals surface area contributed by atoms with E-state index >= 15 is 0 Å². The van der Waals surface area contributed by atoms with E-state index in [-0.39, 0.29) is 36.4 Å². The summed E-state index contributed by atoms with van der Waals surface area (Å²) in [7, 11) is 3.37. The average molecular weight is 568 g/mol. The van der Waals surface area contributed by atoms with Crippen molar-refractivity contribution in [3.8, 4) is 0 Å². The highest BCUT2D eigenvalue weighted by Crippen LogP contribution is 2.23. The van der Waals surface area contributed by atoms with Crippen LogP contribution in [0.25, 0.3) is 0 Å². The van der Waals surface area contributed by atoms with Gasteiger partial charge in [0.1, 0.15) is 0 Å². The van der Waals surface area contributed by atoms with Crippen LogP contribution in [0.15, 0.2) is 33.7 Å². The lowest BCUT2D eigenvalue weighted by Gasteiger charge is -2.39. The lowest BCUT2D eigenvalue weighted by atomic mass is 10.1. The third-order valence-electron chi connectivity index (χ3n) is 4.76. The summed E-state index contributed by atoms with van der Waals surface area (Å²) < 4.78 is 6.03. The molecule has 1 aliphatic heterocycles. The van der Waals surface area contributed by atoms with Gasteiger partial charge in [-0.05, 0) is 24.6 Å². The summed E-state index contributed by atoms with van der Waals surface area (Å²) in [6.07, 6.45) is 0. The van der Waals surface area contributed by atoms with Gasteiger partial charge in [0.2, 0.25) is 5.91 Å². The second kappa shape index (κ2) is 13.3. The zero-order valence-electron chi connectivity index (χ0n) is 16.8. The molecule has 1 unspecified atom stereocenters. The number of nitrogens with one attached hydrogen (secondary N) is 2. The van der Waals surface area contributed by atoms with E-state index in [0.717, 1.165) is 36.6 Å². The van der Waals surface area contributed by atoms with Crippen molar-refractivity contribution in [1.29, 1.82) is 0 Å². The monoisotopic (exact) mass is 567 g/mol. The Bertz CT molecular complexity index is 621. The van der Waals surface area contributed by atoms with Crippen LogP contribution < -0.4 is 10.6 Å². The Balaban J connectivity index is 0.00000392. The molecule has 0 aliphatic carbocycles. The first-order valence-electron chi connectivity index (χ1n) is 9.26. The summed E-state index contributed by atoms with van der Waals surface area (Å²) in [5.74, 6) is 0.712. The Labute approximate surface area is 193 Å². The summed E-state index contributed by atoms with van der Waals surface area (Å²) >= 11 is 3.49. The zero-order valence-corrected chi connectivity index (χ0v) is 20.7. The highest BCUT2D eigenvalue weighted by atomic mass is 127. The molecule has 1 atom stereocenters. The quantitative estimate of drug-likeness (QED) is 0.228. The Hall–Kier alpha value is -0.910. The number of hydrogen-bond donors (Lipinski definition) is 2. The average Bonchev–Trinajstić information content (AvgIpc) is 2.69. The van der Waals surface area contributed by atoms with Gasteiger partial charge in [-0.25, -0.2) is 0 Å². The molecule has 28 heavy (non-hydrogen) atoms. The van der Waals surface area contributed by atoms with Gasteiger partial charge in [-0.15, -0.1) is 24.0 Å². The number of hydrogen-bond acceptors (Lipinski definition) is 4. The molecule has 1 aliphatic rings. The number of piperazine rings is 1. The molecular formula is C19H31BrIN5O2. The number of methoxy groups -OCH3 is 1. The standard InChI is InChI=1S/C19H30BrN5O2.HI/c1-15(16-4-6-17(20)7-5-16)24-9-11-25(12-10-24)19(21-2)23-14-18(26)22-8-13-27-3;/h4-7,15H,8-14H2,1-3H3,(H,21,23)(H,22,26);1H. The Kier molecular flexibility index (Phi) is 12.0. The topological polar surface area (TPSA) is 69.2 Å². The maximum Gasteiger partial charge on any atom is 0.239 e. The molecule has 7 nitrogen and oxygen atoms in total. The molecule has 9 heteroatoms. The Morgan fingerprint density at radius 1 is 1.21 bits per heavy atom. The second-order valence-electron chi connectivity index (χ2n) is 6.49. The third kappa shape index (κ3) is 7.84. The van der Waals surface area contributed by atoms with E-state index in [0.29, 0.717) is 19.2 Å². The van der Waals surface area contributed by atoms with Crippen LogP contribution in [0.2, 0.25) is 0 Å². The summed E-state index contributed by atoms with van der Waals surface area (Å²) in [5, 5.41) is 5.95. The molecule has 0 aromatic heterocycles. The predicted octanol–water partition coefficient (Wildman–Crippen LogP) is 2.08. The van der Waals surface area contributed by atoms with Crippen molar-refractivity contribution in [1.82, 2.24) is 20.4 Å². The minimum absolute atomic E-state index is 0. The van der Waals surface area contributed by atoms with Gasteiger partial charge >= 0.3 is 0 Å². The van der Waals surface area contributed by atoms with Crippen molar-refractivity contribution < 1.29 is 9.53 Å². The van der Waals surface area contributed by atoms with Crippen molar-refractivity contribution in [2.45, 2.75) is 13.0 Å². The number of nitrogens with zero attached hydrogens (tertiary/aromatic N) is 3.